The molecule has 6 rings (SSSR count). The number of benzene rings is 1. The first-order valence-electron chi connectivity index (χ1n) is 9.92. The largest absolute Gasteiger partial charge is 0.470 e. The Hall–Kier alpha value is -1.53. The van der Waals surface area contributed by atoms with E-state index in [1.165, 1.54) is 19.3 Å². The van der Waals surface area contributed by atoms with Gasteiger partial charge in [0, 0.05) is 16.2 Å². The van der Waals surface area contributed by atoms with E-state index in [4.69, 9.17) is 16.3 Å². The zero-order valence-corrected chi connectivity index (χ0v) is 17.9. The minimum Gasteiger partial charge on any atom is -0.470 e. The summed E-state index contributed by atoms with van der Waals surface area (Å²) in [7, 11) is 0. The highest BCUT2D eigenvalue weighted by Crippen LogP contribution is 2.55. The SMILES string of the molecule is O=C(NC12CC3CC(CC(C3)C1)C2)c1ccn(COc2ccc(Br)cc2Cl)n1. The van der Waals surface area contributed by atoms with Crippen LogP contribution in [0, 0.1) is 17.8 Å². The molecule has 4 bridgehead atoms. The smallest absolute Gasteiger partial charge is 0.272 e. The number of carbonyl (C=O) groups excluding carboxylic acids is 1. The van der Waals surface area contributed by atoms with Gasteiger partial charge < -0.3 is 10.1 Å². The van der Waals surface area contributed by atoms with Crippen LogP contribution in [0.25, 0.3) is 0 Å². The van der Waals surface area contributed by atoms with Crippen LogP contribution in [0.1, 0.15) is 49.0 Å². The van der Waals surface area contributed by atoms with Crippen molar-refractivity contribution in [3.05, 3.63) is 45.7 Å². The van der Waals surface area contributed by atoms with Gasteiger partial charge in [-0.25, -0.2) is 4.68 Å². The Morgan fingerprint density at radius 3 is 2.54 bits per heavy atom. The Balaban J connectivity index is 1.23. The minimum atomic E-state index is -0.0672. The van der Waals surface area contributed by atoms with E-state index in [-0.39, 0.29) is 18.2 Å². The van der Waals surface area contributed by atoms with E-state index in [0.717, 1.165) is 41.5 Å². The molecule has 2 aromatic rings. The topological polar surface area (TPSA) is 56.2 Å². The van der Waals surface area contributed by atoms with Crippen LogP contribution in [0.2, 0.25) is 5.02 Å². The number of ether oxygens (including phenoxy) is 1. The van der Waals surface area contributed by atoms with Crippen LogP contribution in [0.5, 0.6) is 5.75 Å². The van der Waals surface area contributed by atoms with E-state index in [1.54, 1.807) is 29.1 Å². The van der Waals surface area contributed by atoms with E-state index in [1.807, 2.05) is 6.07 Å². The van der Waals surface area contributed by atoms with Crippen molar-refractivity contribution in [3.63, 3.8) is 0 Å². The lowest BCUT2D eigenvalue weighted by atomic mass is 9.53. The van der Waals surface area contributed by atoms with Gasteiger partial charge in [0.1, 0.15) is 11.4 Å². The molecule has 0 atom stereocenters. The van der Waals surface area contributed by atoms with Gasteiger partial charge in [-0.1, -0.05) is 27.5 Å². The van der Waals surface area contributed by atoms with Crippen molar-refractivity contribution in [3.8, 4) is 5.75 Å². The predicted molar refractivity (Wildman–Crippen MR) is 110 cm³/mol. The summed E-state index contributed by atoms with van der Waals surface area (Å²) < 4.78 is 8.23. The van der Waals surface area contributed by atoms with Gasteiger partial charge in [0.25, 0.3) is 5.91 Å². The van der Waals surface area contributed by atoms with Gasteiger partial charge in [-0.15, -0.1) is 0 Å². The molecule has 1 aromatic heterocycles. The lowest BCUT2D eigenvalue weighted by Gasteiger charge is -2.56. The molecule has 4 saturated carbocycles. The Labute approximate surface area is 177 Å². The Morgan fingerprint density at radius 2 is 1.89 bits per heavy atom. The molecular formula is C21H23BrClN3O2. The van der Waals surface area contributed by atoms with Crippen LogP contribution < -0.4 is 10.1 Å². The number of halogens is 2. The molecule has 1 N–H and O–H groups in total. The number of rotatable bonds is 5. The molecular weight excluding hydrogens is 442 g/mol. The standard InChI is InChI=1S/C21H23BrClN3O2/c22-16-1-2-19(17(23)8-16)28-12-26-4-3-18(25-26)20(27)24-21-9-13-5-14(10-21)7-15(6-13)11-21/h1-4,8,13-15H,5-7,9-12H2,(H,24,27). The molecule has 0 saturated heterocycles. The zero-order valence-electron chi connectivity index (χ0n) is 15.5. The number of hydrogen-bond acceptors (Lipinski definition) is 3. The van der Waals surface area contributed by atoms with Crippen molar-refractivity contribution in [2.24, 2.45) is 17.8 Å². The fourth-order valence-corrected chi connectivity index (χ4v) is 6.58. The molecule has 5 nitrogen and oxygen atoms in total. The van der Waals surface area contributed by atoms with Crippen molar-refractivity contribution in [2.45, 2.75) is 50.8 Å². The van der Waals surface area contributed by atoms with Crippen LogP contribution in [0.15, 0.2) is 34.9 Å². The summed E-state index contributed by atoms with van der Waals surface area (Å²) in [5.74, 6) is 2.91. The first-order valence-corrected chi connectivity index (χ1v) is 11.1. The predicted octanol–water partition coefficient (Wildman–Crippen LogP) is 5.03. The van der Waals surface area contributed by atoms with Crippen LogP contribution in [-0.4, -0.2) is 21.2 Å². The summed E-state index contributed by atoms with van der Waals surface area (Å²) in [6.45, 7) is 0.200. The third kappa shape index (κ3) is 3.57. The summed E-state index contributed by atoms with van der Waals surface area (Å²) >= 11 is 9.55. The quantitative estimate of drug-likeness (QED) is 0.675. The summed E-state index contributed by atoms with van der Waals surface area (Å²) in [6.07, 6.45) is 9.25. The van der Waals surface area contributed by atoms with Crippen LogP contribution in [0.4, 0.5) is 0 Å². The van der Waals surface area contributed by atoms with Gasteiger partial charge in [0.2, 0.25) is 0 Å². The van der Waals surface area contributed by atoms with Crippen LogP contribution in [-0.2, 0) is 6.73 Å². The lowest BCUT2D eigenvalue weighted by Crippen LogP contribution is -2.59. The summed E-state index contributed by atoms with van der Waals surface area (Å²) in [6, 6.07) is 7.21. The number of hydrogen-bond donors (Lipinski definition) is 1. The molecule has 4 fully saturated rings. The third-order valence-corrected chi connectivity index (χ3v) is 7.33. The van der Waals surface area contributed by atoms with E-state index in [2.05, 4.69) is 26.3 Å². The molecule has 1 aromatic carbocycles. The second-order valence-electron chi connectivity index (χ2n) is 8.74. The van der Waals surface area contributed by atoms with Gasteiger partial charge >= 0.3 is 0 Å². The third-order valence-electron chi connectivity index (χ3n) is 6.54. The highest BCUT2D eigenvalue weighted by Gasteiger charge is 2.51. The van der Waals surface area contributed by atoms with Gasteiger partial charge in [-0.2, -0.15) is 5.10 Å². The molecule has 4 aliphatic carbocycles. The molecule has 0 aliphatic heterocycles. The van der Waals surface area contributed by atoms with Crippen molar-refractivity contribution in [1.29, 1.82) is 0 Å². The summed E-state index contributed by atoms with van der Waals surface area (Å²) in [5.41, 5.74) is 0.443. The van der Waals surface area contributed by atoms with Crippen molar-refractivity contribution < 1.29 is 9.53 Å². The Morgan fingerprint density at radius 1 is 1.21 bits per heavy atom. The number of nitrogens with zero attached hydrogens (tertiary/aromatic N) is 2. The van der Waals surface area contributed by atoms with E-state index < -0.39 is 0 Å². The lowest BCUT2D eigenvalue weighted by molar-refractivity contribution is -0.0168. The fourth-order valence-electron chi connectivity index (χ4n) is 5.85. The maximum Gasteiger partial charge on any atom is 0.272 e. The van der Waals surface area contributed by atoms with Gasteiger partial charge in [0.15, 0.2) is 6.73 Å². The van der Waals surface area contributed by atoms with E-state index in [0.29, 0.717) is 16.5 Å². The number of nitrogens with one attached hydrogen (secondary N) is 1. The Kier molecular flexibility index (Phi) is 4.67. The molecule has 1 amide bonds. The fraction of sp³-hybridized carbons (Fsp3) is 0.524. The second-order valence-corrected chi connectivity index (χ2v) is 10.1. The number of aromatic nitrogens is 2. The second kappa shape index (κ2) is 7.06. The first kappa shape index (κ1) is 18.5. The Bertz CT molecular complexity index is 878. The maximum absolute atomic E-state index is 12.9. The average Bonchev–Trinajstić information content (AvgIpc) is 3.08. The number of amides is 1. The van der Waals surface area contributed by atoms with E-state index in [9.17, 15) is 4.79 Å². The molecule has 0 spiro atoms. The van der Waals surface area contributed by atoms with Gasteiger partial charge in [-0.3, -0.25) is 4.79 Å². The monoisotopic (exact) mass is 463 g/mol. The maximum atomic E-state index is 12.9. The highest BCUT2D eigenvalue weighted by molar-refractivity contribution is 9.10. The molecule has 0 radical (unpaired) electrons. The van der Waals surface area contributed by atoms with Crippen molar-refractivity contribution in [1.82, 2.24) is 15.1 Å². The van der Waals surface area contributed by atoms with Crippen LogP contribution >= 0.6 is 27.5 Å². The molecule has 0 unspecified atom stereocenters. The molecule has 1 heterocycles. The van der Waals surface area contributed by atoms with E-state index >= 15 is 0 Å². The normalized spacial score (nSPS) is 30.4. The summed E-state index contributed by atoms with van der Waals surface area (Å²) in [4.78, 5) is 12.9. The van der Waals surface area contributed by atoms with Gasteiger partial charge in [0.05, 0.1) is 5.02 Å². The molecule has 148 valence electrons. The number of carbonyl (C=O) groups is 1. The van der Waals surface area contributed by atoms with Crippen LogP contribution in [0.3, 0.4) is 0 Å². The zero-order chi connectivity index (χ0) is 19.3. The minimum absolute atomic E-state index is 0.00291. The van der Waals surface area contributed by atoms with Gasteiger partial charge in [-0.05, 0) is 80.5 Å². The first-order chi connectivity index (χ1) is 13.5. The molecule has 7 heteroatoms. The average molecular weight is 465 g/mol. The molecule has 4 aliphatic rings. The van der Waals surface area contributed by atoms with Crippen molar-refractivity contribution in [2.75, 3.05) is 0 Å². The highest BCUT2D eigenvalue weighted by atomic mass is 79.9. The molecule has 28 heavy (non-hydrogen) atoms. The van der Waals surface area contributed by atoms with Crippen molar-refractivity contribution >= 4 is 33.4 Å². The summed E-state index contributed by atoms with van der Waals surface area (Å²) in [5, 5.41) is 8.29.